The molecule has 2 aliphatic heterocycles. The second-order valence-electron chi connectivity index (χ2n) is 33.9. The predicted octanol–water partition coefficient (Wildman–Crippen LogP) is 7.84. The summed E-state index contributed by atoms with van der Waals surface area (Å²) < 4.78 is 33.9. The number of hydrogen-bond acceptors (Lipinski definition) is 26. The molecule has 2 heterocycles. The summed E-state index contributed by atoms with van der Waals surface area (Å²) in [5, 5.41) is 92.8. The van der Waals surface area contributed by atoms with Crippen LogP contribution in [0.3, 0.4) is 0 Å². The van der Waals surface area contributed by atoms with Gasteiger partial charge in [0.2, 0.25) is 41.4 Å². The maximum atomic E-state index is 14.6. The molecule has 6 aromatic carbocycles. The molecule has 0 spiro atoms. The quantitative estimate of drug-likeness (QED) is 0.00568. The Morgan fingerprint density at radius 1 is 0.545 bits per heavy atom. The number of carbonyl (C=O) groups excluding carboxylic acids is 9. The largest absolute Gasteiger partial charge is 0.505 e. The molecular weight excluding hydrogens is 1750 g/mol. The number of aryl methyl sites for hydroxylation is 2. The zero-order valence-electron chi connectivity index (χ0n) is 73.9. The molecule has 0 bridgehead atoms. The number of carbonyl (C=O) groups is 15. The van der Waals surface area contributed by atoms with Crippen LogP contribution in [-0.4, -0.2) is 283 Å². The summed E-state index contributed by atoms with van der Waals surface area (Å²) in [6.07, 6.45) is 2.86. The van der Waals surface area contributed by atoms with Gasteiger partial charge in [-0.2, -0.15) is 13.5 Å². The molecule has 7 amide bonds. The fraction of sp³-hybridized carbons (Fsp3) is 0.489. The number of likely N-dealkylation sites (tertiary alicyclic amines) is 1. The number of phenolic OH excluding ortho intramolecular Hbond substituents is 1. The summed E-state index contributed by atoms with van der Waals surface area (Å²) in [6.45, 7) is 3.25. The van der Waals surface area contributed by atoms with Gasteiger partial charge in [-0.1, -0.05) is 67.1 Å². The van der Waals surface area contributed by atoms with Crippen molar-refractivity contribution in [3.05, 3.63) is 120 Å². The van der Waals surface area contributed by atoms with Crippen molar-refractivity contribution in [1.82, 2.24) is 45.8 Å². The number of nitrogens with one attached hydrogen (secondary N) is 5. The van der Waals surface area contributed by atoms with E-state index >= 15 is 0 Å². The third-order valence-electron chi connectivity index (χ3n) is 24.0. The van der Waals surface area contributed by atoms with Crippen LogP contribution in [0, 0.1) is 37.5 Å². The van der Waals surface area contributed by atoms with Gasteiger partial charge in [0.05, 0.1) is 54.3 Å². The SMILES string of the molecule is Cc1cc(-c2ccc(NC(=O)[C@@H](CCCCNC(=O)CCN3C(=O)CC(SCCC(=O)CCC4CCC(C(=O)NC(Cc5ccc6ccccc6c5)C(=O)NCCCCC(CC(=O)C[C@@H](CCC(=O)O)C(=O)O)C(=O)O)CC4)C3=O)NC(=O)CN3CCN(CC(=O)O)CCN(CC(=O)O)CCN(CC(=O)O)CC3)c(C)c2)ccc1N=Nc1ccc2c(S(=O)(=O)O)ccc(N)c2c1O. The lowest BCUT2D eigenvalue weighted by Gasteiger charge is -2.33. The third-order valence-corrected chi connectivity index (χ3v) is 26.1. The van der Waals surface area contributed by atoms with Crippen LogP contribution in [0.4, 0.5) is 22.7 Å². The van der Waals surface area contributed by atoms with E-state index in [0.717, 1.165) is 38.4 Å². The number of carboxylic acid groups (broad SMARTS) is 6. The van der Waals surface area contributed by atoms with Crippen molar-refractivity contribution in [3.63, 3.8) is 0 Å². The maximum absolute atomic E-state index is 14.6. The number of aromatic hydroxyl groups is 1. The molecule has 3 fully saturated rings. The third kappa shape index (κ3) is 32.7. The van der Waals surface area contributed by atoms with Crippen LogP contribution >= 0.6 is 11.8 Å². The summed E-state index contributed by atoms with van der Waals surface area (Å²) >= 11 is 1.20. The number of anilines is 2. The van der Waals surface area contributed by atoms with Crippen molar-refractivity contribution in [2.75, 3.05) is 115 Å². The lowest BCUT2D eigenvalue weighted by molar-refractivity contribution is -0.146. The van der Waals surface area contributed by atoms with Crippen LogP contribution in [0.1, 0.15) is 139 Å². The van der Waals surface area contributed by atoms with E-state index in [0.29, 0.717) is 73.9 Å². The van der Waals surface area contributed by atoms with Gasteiger partial charge < -0.3 is 68.1 Å². The highest BCUT2D eigenvalue weighted by molar-refractivity contribution is 8.00. The van der Waals surface area contributed by atoms with Crippen LogP contribution in [0.15, 0.2) is 118 Å². The van der Waals surface area contributed by atoms with Crippen molar-refractivity contribution in [1.29, 1.82) is 0 Å². The number of amides is 7. The number of azo groups is 1. The second-order valence-corrected chi connectivity index (χ2v) is 36.6. The molecule has 132 heavy (non-hydrogen) atoms. The topological polar surface area (TPSA) is 579 Å². The first kappa shape index (κ1) is 104. The summed E-state index contributed by atoms with van der Waals surface area (Å²) in [7, 11) is -4.67. The number of nitrogen functional groups attached to an aromatic ring is 1. The average Bonchev–Trinajstić information content (AvgIpc) is 0.786. The zero-order chi connectivity index (χ0) is 95.9. The van der Waals surface area contributed by atoms with Gasteiger partial charge in [0.15, 0.2) is 5.75 Å². The first-order valence-corrected chi connectivity index (χ1v) is 46.6. The lowest BCUT2D eigenvalue weighted by atomic mass is 9.79. The number of ketones is 2. The van der Waals surface area contributed by atoms with Crippen LogP contribution in [0.5, 0.6) is 5.75 Å². The highest BCUT2D eigenvalue weighted by atomic mass is 32.2. The maximum Gasteiger partial charge on any atom is 0.317 e. The van der Waals surface area contributed by atoms with Gasteiger partial charge in [0.25, 0.3) is 10.1 Å². The smallest absolute Gasteiger partial charge is 0.317 e. The predicted molar refractivity (Wildman–Crippen MR) is 488 cm³/mol. The lowest BCUT2D eigenvalue weighted by Crippen LogP contribution is -2.51. The highest BCUT2D eigenvalue weighted by Gasteiger charge is 2.40. The van der Waals surface area contributed by atoms with Crippen molar-refractivity contribution in [2.24, 2.45) is 33.9 Å². The van der Waals surface area contributed by atoms with E-state index < -0.39 is 165 Å². The monoisotopic (exact) mass is 1870 g/mol. The Bertz CT molecular complexity index is 5330. The molecule has 2 saturated heterocycles. The number of thioether (sulfide) groups is 1. The fourth-order valence-electron chi connectivity index (χ4n) is 16.5. The highest BCUT2D eigenvalue weighted by Crippen LogP contribution is 2.42. The number of unbranched alkanes of at least 4 members (excludes halogenated alkanes) is 2. The van der Waals surface area contributed by atoms with E-state index in [1.807, 2.05) is 54.6 Å². The van der Waals surface area contributed by atoms with Gasteiger partial charge in [-0.15, -0.1) is 16.9 Å². The van der Waals surface area contributed by atoms with Crippen molar-refractivity contribution in [2.45, 2.75) is 164 Å². The minimum atomic E-state index is -4.67. The number of nitrogens with zero attached hydrogens (tertiary/aromatic N) is 7. The molecule has 0 aromatic heterocycles. The number of aliphatic carboxylic acids is 6. The van der Waals surface area contributed by atoms with Gasteiger partial charge in [0.1, 0.15) is 34.2 Å². The van der Waals surface area contributed by atoms with Gasteiger partial charge in [-0.25, -0.2) is 0 Å². The average molecular weight is 1870 g/mol. The molecule has 40 heteroatoms. The van der Waals surface area contributed by atoms with Gasteiger partial charge in [-0.3, -0.25) is 101 Å². The van der Waals surface area contributed by atoms with Gasteiger partial charge in [0, 0.05) is 152 Å². The number of Topliss-reactive ketones (excluding diaryl/α,β-unsaturated/α-hetero) is 2. The van der Waals surface area contributed by atoms with Crippen LogP contribution < -0.4 is 32.3 Å². The Labute approximate surface area is 767 Å². The molecule has 9 rings (SSSR count). The summed E-state index contributed by atoms with van der Waals surface area (Å²) in [5.41, 5.74) is 10.5. The normalized spacial score (nSPS) is 17.3. The van der Waals surface area contributed by atoms with Gasteiger partial charge >= 0.3 is 35.8 Å². The Balaban J connectivity index is 0.734. The van der Waals surface area contributed by atoms with Crippen molar-refractivity contribution >= 4 is 155 Å². The number of nitrogens with two attached hydrogens (primary N) is 1. The van der Waals surface area contributed by atoms with Crippen molar-refractivity contribution < 1.29 is 121 Å². The number of rotatable bonds is 49. The van der Waals surface area contributed by atoms with Crippen LogP contribution in [0.25, 0.3) is 32.7 Å². The number of hydrogen-bond donors (Lipinski definition) is 14. The van der Waals surface area contributed by atoms with Gasteiger partial charge in [-0.05, 0) is 171 Å². The number of fused-ring (bicyclic) bond motifs is 2. The molecule has 1 aliphatic carbocycles. The zero-order valence-corrected chi connectivity index (χ0v) is 75.5. The minimum absolute atomic E-state index is 0.0167. The molecule has 3 unspecified atom stereocenters. The van der Waals surface area contributed by atoms with E-state index in [1.54, 1.807) is 57.7 Å². The Morgan fingerprint density at radius 3 is 1.70 bits per heavy atom. The van der Waals surface area contributed by atoms with E-state index in [4.69, 9.17) is 10.8 Å². The Morgan fingerprint density at radius 2 is 1.11 bits per heavy atom. The number of phenols is 1. The van der Waals surface area contributed by atoms with Crippen molar-refractivity contribution in [3.8, 4) is 16.9 Å². The Kier molecular flexibility index (Phi) is 39.5. The van der Waals surface area contributed by atoms with E-state index in [1.165, 1.54) is 30.0 Å². The standard InChI is InChI=1S/C92H117N13O25S2/c1-56-45-63(64-21-27-72(57(2)46-64)99-100-73-28-24-69-77(132(128,129)130)29-25-70(93)85(69)86(73)119)20-26-71(56)97-89(122)74(96-79(109)52-101-36-38-102(53-82(113)114)40-42-104(55-84(117)118)43-41-103(39-37-101)54-83(115)116)12-6-8-33-94-78(108)31-35-105-80(110)51-76(90(105)123)131-44-32-67(106)23-16-58-13-18-61(19-14-58)87(120)98-75(48-59-15-17-60-9-3-4-10-62(60)47-59)88(121)95-34-7-5-11-65(91(124)125)49-68(107)50-66(92(126)127)22-30-81(111)112/h3-4,9-10,15,17,20-21,24-29,45-47,58,61,65-66,74-76,119H,5-8,11-14,16,18-19,22-23,30-44,48-55,93H2,1-2H3,(H,94,108)(H,95,121)(H,96,109)(H,97,122)(H,98,120)(H,111,112)(H,113,114)(H,115,116)(H,117,118)(H,124,125)(H,126,127)(H,128,129,130)/t58?,61?,65?,66-,74-,75?,76?/m1/s1. The first-order valence-electron chi connectivity index (χ1n) is 44.1. The Hall–Kier alpha value is -12.2. The molecule has 6 aromatic rings. The van der Waals surface area contributed by atoms with Crippen LogP contribution in [0.2, 0.25) is 0 Å². The molecule has 3 aliphatic rings. The molecule has 0 radical (unpaired) electrons. The summed E-state index contributed by atoms with van der Waals surface area (Å²) in [5.74, 6) is -14.0. The van der Waals surface area contributed by atoms with E-state index in [2.05, 4.69) is 36.8 Å². The second kappa shape index (κ2) is 50.4. The summed E-state index contributed by atoms with van der Waals surface area (Å²) in [6, 6.07) is 27.0. The number of carboxylic acids is 6. The number of benzene rings is 6. The van der Waals surface area contributed by atoms with E-state index in [9.17, 15) is 116 Å². The summed E-state index contributed by atoms with van der Waals surface area (Å²) in [4.78, 5) is 201. The molecule has 15 N–H and O–H groups in total. The molecular formula is C92H117N13O25S2. The first-order chi connectivity index (χ1) is 62.8. The fourth-order valence-corrected chi connectivity index (χ4v) is 18.4. The minimum Gasteiger partial charge on any atom is -0.505 e. The molecule has 712 valence electrons. The number of imide groups is 1. The molecule has 1 saturated carbocycles. The molecule has 5 atom stereocenters. The van der Waals surface area contributed by atoms with E-state index in [-0.39, 0.29) is 188 Å². The molecule has 38 nitrogen and oxygen atoms in total. The van der Waals surface area contributed by atoms with Crippen LogP contribution in [-0.2, 0) is 88.5 Å².